The second-order valence-corrected chi connectivity index (χ2v) is 4.08. The molecule has 0 saturated heterocycles. The summed E-state index contributed by atoms with van der Waals surface area (Å²) in [5.41, 5.74) is -0.0888. The second-order valence-electron chi connectivity index (χ2n) is 4.08. The van der Waals surface area contributed by atoms with Crippen LogP contribution >= 0.6 is 0 Å². The van der Waals surface area contributed by atoms with Gasteiger partial charge in [0.1, 0.15) is 12.3 Å². The third-order valence-corrected chi connectivity index (χ3v) is 2.04. The number of aliphatic hydroxyl groups is 1. The Morgan fingerprint density at radius 2 is 2.24 bits per heavy atom. The molecule has 5 heteroatoms. The Balaban J connectivity index is 4.44. The van der Waals surface area contributed by atoms with E-state index in [-0.39, 0.29) is 18.2 Å². The molecule has 1 unspecified atom stereocenters. The molecule has 0 aromatic heterocycles. The third-order valence-electron chi connectivity index (χ3n) is 2.04. The number of hydrogen-bond donors (Lipinski definition) is 2. The van der Waals surface area contributed by atoms with Crippen molar-refractivity contribution in [2.75, 3.05) is 13.2 Å². The molecule has 0 aromatic carbocycles. The molecule has 0 heterocycles. The highest BCUT2D eigenvalue weighted by Crippen LogP contribution is 2.05. The summed E-state index contributed by atoms with van der Waals surface area (Å²) in [5.74, 6) is -0.158. The molecule has 0 saturated carbocycles. The van der Waals surface area contributed by atoms with Crippen molar-refractivity contribution in [1.29, 1.82) is 5.26 Å². The van der Waals surface area contributed by atoms with Crippen LogP contribution in [-0.2, 0) is 9.53 Å². The maximum absolute atomic E-state index is 11.6. The second kappa shape index (κ2) is 8.59. The number of nitrogens with one attached hydrogen (secondary N) is 1. The highest BCUT2D eigenvalue weighted by Gasteiger charge is 2.16. The van der Waals surface area contributed by atoms with Crippen LogP contribution in [0.1, 0.15) is 27.2 Å². The van der Waals surface area contributed by atoms with Gasteiger partial charge in [-0.1, -0.05) is 13.8 Å². The fraction of sp³-hybridized carbons (Fsp3) is 0.667. The van der Waals surface area contributed by atoms with Crippen LogP contribution in [-0.4, -0.2) is 30.3 Å². The smallest absolute Gasteiger partial charge is 0.265 e. The molecule has 0 aliphatic heterocycles. The lowest BCUT2D eigenvalue weighted by Crippen LogP contribution is -2.39. The van der Waals surface area contributed by atoms with Crippen molar-refractivity contribution in [3.8, 4) is 6.07 Å². The number of amides is 1. The summed E-state index contributed by atoms with van der Waals surface area (Å²) in [7, 11) is 0. The number of aliphatic hydroxyl groups excluding tert-OH is 1. The standard InChI is InChI=1S/C12H20N2O3/c1-4-17-8-10(6-13)12(16)14-11(7-15)5-9(2)3/h8-9,11,15H,4-5,7H2,1-3H3,(H,14,16)/b10-8-. The normalized spacial score (nSPS) is 13.1. The first-order chi connectivity index (χ1) is 8.04. The van der Waals surface area contributed by atoms with Crippen LogP contribution in [0.15, 0.2) is 11.8 Å². The van der Waals surface area contributed by atoms with Crippen LogP contribution in [0.3, 0.4) is 0 Å². The summed E-state index contributed by atoms with van der Waals surface area (Å²) in [5, 5.41) is 20.5. The van der Waals surface area contributed by atoms with E-state index in [9.17, 15) is 4.79 Å². The Labute approximate surface area is 102 Å². The van der Waals surface area contributed by atoms with Crippen LogP contribution in [0.5, 0.6) is 0 Å². The van der Waals surface area contributed by atoms with Gasteiger partial charge in [0, 0.05) is 0 Å². The Hall–Kier alpha value is -1.54. The number of nitrogens with zero attached hydrogens (tertiary/aromatic N) is 1. The predicted molar refractivity (Wildman–Crippen MR) is 63.8 cm³/mol. The zero-order chi connectivity index (χ0) is 13.3. The molecular formula is C12H20N2O3. The van der Waals surface area contributed by atoms with E-state index in [1.54, 1.807) is 13.0 Å². The molecular weight excluding hydrogens is 220 g/mol. The van der Waals surface area contributed by atoms with E-state index in [1.807, 2.05) is 13.8 Å². The van der Waals surface area contributed by atoms with E-state index in [4.69, 9.17) is 15.1 Å². The third kappa shape index (κ3) is 6.59. The maximum atomic E-state index is 11.6. The monoisotopic (exact) mass is 240 g/mol. The molecule has 17 heavy (non-hydrogen) atoms. The van der Waals surface area contributed by atoms with Gasteiger partial charge in [-0.3, -0.25) is 4.79 Å². The lowest BCUT2D eigenvalue weighted by atomic mass is 10.0. The molecule has 0 spiro atoms. The van der Waals surface area contributed by atoms with Crippen LogP contribution in [0.25, 0.3) is 0 Å². The van der Waals surface area contributed by atoms with E-state index in [2.05, 4.69) is 5.32 Å². The summed E-state index contributed by atoms with van der Waals surface area (Å²) in [4.78, 5) is 11.6. The molecule has 0 aliphatic rings. The minimum Gasteiger partial charge on any atom is -0.500 e. The van der Waals surface area contributed by atoms with Crippen LogP contribution in [0.2, 0.25) is 0 Å². The van der Waals surface area contributed by atoms with E-state index >= 15 is 0 Å². The summed E-state index contributed by atoms with van der Waals surface area (Å²) in [6.07, 6.45) is 1.80. The largest absolute Gasteiger partial charge is 0.500 e. The van der Waals surface area contributed by atoms with Crippen molar-refractivity contribution >= 4 is 5.91 Å². The molecule has 0 aromatic rings. The van der Waals surface area contributed by atoms with Gasteiger partial charge in [-0.25, -0.2) is 0 Å². The zero-order valence-corrected chi connectivity index (χ0v) is 10.6. The Morgan fingerprint density at radius 3 is 2.65 bits per heavy atom. The zero-order valence-electron chi connectivity index (χ0n) is 10.6. The molecule has 0 bridgehead atoms. The fourth-order valence-corrected chi connectivity index (χ4v) is 1.31. The van der Waals surface area contributed by atoms with Crippen molar-refractivity contribution in [3.63, 3.8) is 0 Å². The van der Waals surface area contributed by atoms with Crippen LogP contribution in [0, 0.1) is 17.2 Å². The number of hydrogen-bond acceptors (Lipinski definition) is 4. The Morgan fingerprint density at radius 1 is 1.59 bits per heavy atom. The van der Waals surface area contributed by atoms with Crippen molar-refractivity contribution in [1.82, 2.24) is 5.32 Å². The van der Waals surface area contributed by atoms with Gasteiger partial charge in [-0.2, -0.15) is 5.26 Å². The average molecular weight is 240 g/mol. The first-order valence-corrected chi connectivity index (χ1v) is 5.68. The van der Waals surface area contributed by atoms with Gasteiger partial charge < -0.3 is 15.2 Å². The summed E-state index contributed by atoms with van der Waals surface area (Å²) < 4.78 is 4.90. The van der Waals surface area contributed by atoms with Gasteiger partial charge in [0.15, 0.2) is 5.57 Å². The summed E-state index contributed by atoms with van der Waals surface area (Å²) in [6.45, 7) is 6.01. The van der Waals surface area contributed by atoms with E-state index < -0.39 is 5.91 Å². The number of rotatable bonds is 7. The number of nitriles is 1. The van der Waals surface area contributed by atoms with Crippen molar-refractivity contribution in [3.05, 3.63) is 11.8 Å². The molecule has 96 valence electrons. The molecule has 0 aliphatic carbocycles. The SMILES string of the molecule is CCO/C=C(/C#N)C(=O)NC(CO)CC(C)C. The van der Waals surface area contributed by atoms with E-state index in [1.165, 1.54) is 0 Å². The van der Waals surface area contributed by atoms with Crippen molar-refractivity contribution in [2.24, 2.45) is 5.92 Å². The molecule has 2 N–H and O–H groups in total. The van der Waals surface area contributed by atoms with Gasteiger partial charge in [-0.15, -0.1) is 0 Å². The van der Waals surface area contributed by atoms with E-state index in [0.29, 0.717) is 18.9 Å². The lowest BCUT2D eigenvalue weighted by molar-refractivity contribution is -0.118. The summed E-state index contributed by atoms with van der Waals surface area (Å²) >= 11 is 0. The van der Waals surface area contributed by atoms with Gasteiger partial charge in [-0.05, 0) is 19.3 Å². The minimum absolute atomic E-state index is 0.0888. The molecule has 0 radical (unpaired) electrons. The highest BCUT2D eigenvalue weighted by atomic mass is 16.5. The van der Waals surface area contributed by atoms with Crippen LogP contribution < -0.4 is 5.32 Å². The lowest BCUT2D eigenvalue weighted by Gasteiger charge is -2.17. The van der Waals surface area contributed by atoms with Gasteiger partial charge in [0.05, 0.1) is 19.3 Å². The molecule has 0 rings (SSSR count). The van der Waals surface area contributed by atoms with Gasteiger partial charge in [0.25, 0.3) is 5.91 Å². The van der Waals surface area contributed by atoms with Crippen molar-refractivity contribution in [2.45, 2.75) is 33.2 Å². The van der Waals surface area contributed by atoms with Gasteiger partial charge >= 0.3 is 0 Å². The molecule has 5 nitrogen and oxygen atoms in total. The topological polar surface area (TPSA) is 82.3 Å². The average Bonchev–Trinajstić information content (AvgIpc) is 2.28. The number of carbonyl (C=O) groups excluding carboxylic acids is 1. The Kier molecular flexibility index (Phi) is 7.82. The molecule has 0 fully saturated rings. The molecule has 1 amide bonds. The molecule has 1 atom stereocenters. The number of ether oxygens (including phenoxy) is 1. The minimum atomic E-state index is -0.513. The highest BCUT2D eigenvalue weighted by molar-refractivity contribution is 5.97. The van der Waals surface area contributed by atoms with Gasteiger partial charge in [0.2, 0.25) is 0 Å². The maximum Gasteiger partial charge on any atom is 0.265 e. The quantitative estimate of drug-likeness (QED) is 0.394. The van der Waals surface area contributed by atoms with Crippen LogP contribution in [0.4, 0.5) is 0 Å². The number of carbonyl (C=O) groups is 1. The fourth-order valence-electron chi connectivity index (χ4n) is 1.31. The Bertz CT molecular complexity index is 305. The van der Waals surface area contributed by atoms with E-state index in [0.717, 1.165) is 6.26 Å². The predicted octanol–water partition coefficient (Wildman–Crippen LogP) is 0.954. The van der Waals surface area contributed by atoms with Crippen molar-refractivity contribution < 1.29 is 14.6 Å². The summed E-state index contributed by atoms with van der Waals surface area (Å²) in [6, 6.07) is 1.43. The first-order valence-electron chi connectivity index (χ1n) is 5.68. The first kappa shape index (κ1) is 15.5.